The first-order valence-corrected chi connectivity index (χ1v) is 13.2. The maximum Gasteiger partial charge on any atom is 0.227 e. The molecule has 3 heterocycles. The Hall–Kier alpha value is -3.86. The van der Waals surface area contributed by atoms with Crippen LogP contribution in [-0.2, 0) is 9.59 Å². The molecule has 5 nitrogen and oxygen atoms in total. The number of carbonyl (C=O) groups is 2. The maximum atomic E-state index is 13.4. The zero-order valence-corrected chi connectivity index (χ0v) is 21.2. The van der Waals surface area contributed by atoms with Crippen LogP contribution < -0.4 is 4.74 Å². The van der Waals surface area contributed by atoms with Gasteiger partial charge in [0.05, 0.1) is 12.0 Å². The van der Waals surface area contributed by atoms with Gasteiger partial charge in [-0.05, 0) is 41.8 Å². The molecule has 1 spiro atoms. The van der Waals surface area contributed by atoms with Crippen molar-refractivity contribution in [2.75, 3.05) is 19.6 Å². The lowest BCUT2D eigenvalue weighted by molar-refractivity contribution is -0.138. The Morgan fingerprint density at radius 3 is 2.38 bits per heavy atom. The largest absolute Gasteiger partial charge is 0.482 e. The average molecular weight is 493 g/mol. The standard InChI is InChI=1S/C32H32N2O3/c1-23(24-8-4-2-5-9-24)34-22-28(21-30(34)35)31(36)33-18-16-32(17-19-33)15-14-27-20-26(12-13-29(27)37-32)25-10-6-3-7-11-25/h2-15,20,23,28H,16-19,21-22H2,1H3. The first-order valence-electron chi connectivity index (χ1n) is 13.2. The zero-order valence-electron chi connectivity index (χ0n) is 21.2. The minimum absolute atomic E-state index is 0.0284. The molecule has 2 unspecified atom stereocenters. The van der Waals surface area contributed by atoms with E-state index < -0.39 is 0 Å². The third-order valence-electron chi connectivity index (χ3n) is 8.18. The van der Waals surface area contributed by atoms with Crippen molar-refractivity contribution in [3.8, 4) is 16.9 Å². The number of hydrogen-bond acceptors (Lipinski definition) is 3. The number of benzene rings is 3. The van der Waals surface area contributed by atoms with Gasteiger partial charge in [0.1, 0.15) is 11.4 Å². The number of hydrogen-bond donors (Lipinski definition) is 0. The van der Waals surface area contributed by atoms with Crippen molar-refractivity contribution in [3.63, 3.8) is 0 Å². The van der Waals surface area contributed by atoms with Gasteiger partial charge in [0.2, 0.25) is 11.8 Å². The molecule has 2 atom stereocenters. The van der Waals surface area contributed by atoms with E-state index >= 15 is 0 Å². The highest BCUT2D eigenvalue weighted by Crippen LogP contribution is 2.39. The first-order chi connectivity index (χ1) is 18.0. The number of piperidine rings is 1. The summed E-state index contributed by atoms with van der Waals surface area (Å²) in [6.45, 7) is 3.81. The third kappa shape index (κ3) is 4.55. The summed E-state index contributed by atoms with van der Waals surface area (Å²) < 4.78 is 6.53. The van der Waals surface area contributed by atoms with Crippen LogP contribution in [0.3, 0.4) is 0 Å². The number of carbonyl (C=O) groups excluding carboxylic acids is 2. The van der Waals surface area contributed by atoms with Gasteiger partial charge in [-0.25, -0.2) is 0 Å². The van der Waals surface area contributed by atoms with Gasteiger partial charge in [-0.2, -0.15) is 0 Å². The van der Waals surface area contributed by atoms with Crippen molar-refractivity contribution in [1.29, 1.82) is 0 Å². The topological polar surface area (TPSA) is 49.9 Å². The monoisotopic (exact) mass is 492 g/mol. The van der Waals surface area contributed by atoms with E-state index in [0.29, 0.717) is 26.1 Å². The van der Waals surface area contributed by atoms with Gasteiger partial charge in [0.25, 0.3) is 0 Å². The normalized spacial score (nSPS) is 21.0. The van der Waals surface area contributed by atoms with Crippen LogP contribution in [0.15, 0.2) is 84.9 Å². The molecule has 2 amide bonds. The summed E-state index contributed by atoms with van der Waals surface area (Å²) in [4.78, 5) is 30.0. The minimum atomic E-state index is -0.378. The van der Waals surface area contributed by atoms with Crippen molar-refractivity contribution in [2.45, 2.75) is 37.8 Å². The van der Waals surface area contributed by atoms with Gasteiger partial charge < -0.3 is 14.5 Å². The Morgan fingerprint density at radius 1 is 0.946 bits per heavy atom. The summed E-state index contributed by atoms with van der Waals surface area (Å²) in [7, 11) is 0. The molecule has 0 aromatic heterocycles. The molecule has 3 aliphatic rings. The molecule has 37 heavy (non-hydrogen) atoms. The fourth-order valence-corrected chi connectivity index (χ4v) is 5.89. The van der Waals surface area contributed by atoms with E-state index in [4.69, 9.17) is 4.74 Å². The van der Waals surface area contributed by atoms with E-state index in [-0.39, 0.29) is 29.4 Å². The molecule has 3 aromatic rings. The zero-order chi connectivity index (χ0) is 25.4. The van der Waals surface area contributed by atoms with Crippen molar-refractivity contribution in [1.82, 2.24) is 9.80 Å². The number of fused-ring (bicyclic) bond motifs is 1. The molecule has 0 saturated carbocycles. The van der Waals surface area contributed by atoms with Crippen LogP contribution in [0.4, 0.5) is 0 Å². The van der Waals surface area contributed by atoms with Gasteiger partial charge >= 0.3 is 0 Å². The van der Waals surface area contributed by atoms with Crippen molar-refractivity contribution >= 4 is 17.9 Å². The highest BCUT2D eigenvalue weighted by Gasteiger charge is 2.42. The lowest BCUT2D eigenvalue weighted by Gasteiger charge is -2.42. The van der Waals surface area contributed by atoms with Crippen molar-refractivity contribution in [3.05, 3.63) is 96.1 Å². The highest BCUT2D eigenvalue weighted by atomic mass is 16.5. The van der Waals surface area contributed by atoms with E-state index in [0.717, 1.165) is 29.7 Å². The molecule has 3 aromatic carbocycles. The molecule has 0 radical (unpaired) electrons. The Balaban J connectivity index is 1.08. The minimum Gasteiger partial charge on any atom is -0.482 e. The molecule has 0 N–H and O–H groups in total. The second kappa shape index (κ2) is 9.55. The fourth-order valence-electron chi connectivity index (χ4n) is 5.89. The maximum absolute atomic E-state index is 13.4. The molecule has 188 valence electrons. The van der Waals surface area contributed by atoms with Gasteiger partial charge in [-0.15, -0.1) is 0 Å². The molecular weight excluding hydrogens is 460 g/mol. The second-order valence-electron chi connectivity index (χ2n) is 10.5. The Kier molecular flexibility index (Phi) is 6.07. The van der Waals surface area contributed by atoms with Crippen LogP contribution in [0, 0.1) is 5.92 Å². The number of ether oxygens (including phenoxy) is 1. The smallest absolute Gasteiger partial charge is 0.227 e. The summed E-state index contributed by atoms with van der Waals surface area (Å²) in [6, 6.07) is 26.7. The summed E-state index contributed by atoms with van der Waals surface area (Å²) in [5.74, 6) is 0.786. The number of likely N-dealkylation sites (tertiary alicyclic amines) is 2. The van der Waals surface area contributed by atoms with Crippen LogP contribution >= 0.6 is 0 Å². The van der Waals surface area contributed by atoms with E-state index in [1.165, 1.54) is 11.1 Å². The van der Waals surface area contributed by atoms with E-state index in [9.17, 15) is 9.59 Å². The molecule has 5 heteroatoms. The molecule has 2 fully saturated rings. The Labute approximate surface area is 218 Å². The molecule has 3 aliphatic heterocycles. The fraction of sp³-hybridized carbons (Fsp3) is 0.312. The summed E-state index contributed by atoms with van der Waals surface area (Å²) in [5, 5.41) is 0. The third-order valence-corrected chi connectivity index (χ3v) is 8.18. The van der Waals surface area contributed by atoms with E-state index in [1.807, 2.05) is 65.3 Å². The lowest BCUT2D eigenvalue weighted by atomic mass is 9.87. The molecule has 2 saturated heterocycles. The van der Waals surface area contributed by atoms with Crippen molar-refractivity contribution in [2.24, 2.45) is 5.92 Å². The SMILES string of the molecule is CC(c1ccccc1)N1CC(C(=O)N2CCC3(C=Cc4cc(-c5ccccc5)ccc4O3)CC2)CC1=O. The van der Waals surface area contributed by atoms with Crippen LogP contribution in [0.25, 0.3) is 17.2 Å². The summed E-state index contributed by atoms with van der Waals surface area (Å²) in [6.07, 6.45) is 6.14. The van der Waals surface area contributed by atoms with Gasteiger partial charge in [-0.1, -0.05) is 72.8 Å². The molecule has 0 bridgehead atoms. The Morgan fingerprint density at radius 2 is 1.65 bits per heavy atom. The van der Waals surface area contributed by atoms with Gasteiger partial charge in [0.15, 0.2) is 0 Å². The predicted molar refractivity (Wildman–Crippen MR) is 145 cm³/mol. The molecular formula is C32H32N2O3. The summed E-state index contributed by atoms with van der Waals surface area (Å²) in [5.41, 5.74) is 4.17. The molecule has 6 rings (SSSR count). The quantitative estimate of drug-likeness (QED) is 0.467. The first kappa shape index (κ1) is 23.5. The van der Waals surface area contributed by atoms with Crippen LogP contribution in [0.1, 0.15) is 43.4 Å². The van der Waals surface area contributed by atoms with Crippen LogP contribution in [0.2, 0.25) is 0 Å². The second-order valence-corrected chi connectivity index (χ2v) is 10.5. The van der Waals surface area contributed by atoms with Gasteiger partial charge in [0, 0.05) is 44.5 Å². The van der Waals surface area contributed by atoms with Crippen LogP contribution in [-0.4, -0.2) is 46.8 Å². The summed E-state index contributed by atoms with van der Waals surface area (Å²) >= 11 is 0. The van der Waals surface area contributed by atoms with E-state index in [1.54, 1.807) is 0 Å². The van der Waals surface area contributed by atoms with Crippen LogP contribution in [0.5, 0.6) is 5.75 Å². The lowest BCUT2D eigenvalue weighted by Crippen LogP contribution is -2.50. The highest BCUT2D eigenvalue weighted by molar-refractivity contribution is 5.89. The number of amides is 2. The van der Waals surface area contributed by atoms with Crippen molar-refractivity contribution < 1.29 is 14.3 Å². The number of nitrogens with zero attached hydrogens (tertiary/aromatic N) is 2. The predicted octanol–water partition coefficient (Wildman–Crippen LogP) is 5.73. The van der Waals surface area contributed by atoms with E-state index in [2.05, 4.69) is 42.5 Å². The number of rotatable bonds is 4. The Bertz CT molecular complexity index is 1330. The molecule has 0 aliphatic carbocycles. The van der Waals surface area contributed by atoms with Gasteiger partial charge in [-0.3, -0.25) is 9.59 Å². The average Bonchev–Trinajstić information content (AvgIpc) is 3.35.